The molecule has 0 radical (unpaired) electrons. The predicted octanol–water partition coefficient (Wildman–Crippen LogP) is 1.70. The second kappa shape index (κ2) is 3.49. The molecule has 82 valence electrons. The Bertz CT molecular complexity index is 199. The lowest BCUT2D eigenvalue weighted by Crippen LogP contribution is -2.61. The van der Waals surface area contributed by atoms with E-state index in [1.54, 1.807) is 0 Å². The minimum absolute atomic E-state index is 0.392. The molecule has 2 bridgehead atoms. The molecule has 0 spiro atoms. The molecule has 2 N–H and O–H groups in total. The summed E-state index contributed by atoms with van der Waals surface area (Å²) in [6.45, 7) is 10.6. The van der Waals surface area contributed by atoms with Crippen molar-refractivity contribution in [3.05, 3.63) is 0 Å². The van der Waals surface area contributed by atoms with Crippen molar-refractivity contribution < 1.29 is 0 Å². The van der Waals surface area contributed by atoms with Crippen molar-refractivity contribution in [3.8, 4) is 0 Å². The van der Waals surface area contributed by atoms with Gasteiger partial charge in [0.2, 0.25) is 0 Å². The first kappa shape index (κ1) is 10.4. The summed E-state index contributed by atoms with van der Waals surface area (Å²) in [7, 11) is 0. The van der Waals surface area contributed by atoms with Crippen LogP contribution in [-0.4, -0.2) is 30.6 Å². The zero-order valence-corrected chi connectivity index (χ0v) is 9.79. The molecule has 3 rings (SSSR count). The molecule has 2 nitrogen and oxygen atoms in total. The van der Waals surface area contributed by atoms with E-state index < -0.39 is 0 Å². The van der Waals surface area contributed by atoms with Gasteiger partial charge >= 0.3 is 0 Å². The van der Waals surface area contributed by atoms with E-state index in [1.807, 2.05) is 0 Å². The summed E-state index contributed by atoms with van der Waals surface area (Å²) in [6.07, 6.45) is 2.77. The van der Waals surface area contributed by atoms with Crippen LogP contribution < -0.4 is 5.73 Å². The fourth-order valence-corrected chi connectivity index (χ4v) is 3.67. The molecular formula is C12H24N2. The highest BCUT2D eigenvalue weighted by Gasteiger charge is 2.46. The van der Waals surface area contributed by atoms with E-state index in [2.05, 4.69) is 25.7 Å². The van der Waals surface area contributed by atoms with Gasteiger partial charge < -0.3 is 5.73 Å². The Balaban J connectivity index is 2.20. The number of nitrogens with two attached hydrogens (primary N) is 1. The van der Waals surface area contributed by atoms with Gasteiger partial charge in [0, 0.05) is 6.04 Å². The summed E-state index contributed by atoms with van der Waals surface area (Å²) in [5.41, 5.74) is 6.34. The van der Waals surface area contributed by atoms with Gasteiger partial charge in [-0.25, -0.2) is 0 Å². The van der Waals surface area contributed by atoms with Crippen molar-refractivity contribution in [2.75, 3.05) is 19.6 Å². The molecule has 0 aromatic heterocycles. The fourth-order valence-electron chi connectivity index (χ4n) is 3.67. The minimum atomic E-state index is 0.392. The van der Waals surface area contributed by atoms with Gasteiger partial charge in [-0.05, 0) is 49.7 Å². The minimum Gasteiger partial charge on any atom is -0.330 e. The molecule has 0 saturated carbocycles. The van der Waals surface area contributed by atoms with Gasteiger partial charge in [0.1, 0.15) is 0 Å². The Kier molecular flexibility index (Phi) is 2.61. The molecule has 3 fully saturated rings. The lowest BCUT2D eigenvalue weighted by molar-refractivity contribution is -0.0562. The largest absolute Gasteiger partial charge is 0.330 e. The van der Waals surface area contributed by atoms with Crippen LogP contribution in [0.5, 0.6) is 0 Å². The molecule has 0 aliphatic carbocycles. The van der Waals surface area contributed by atoms with Crippen LogP contribution in [0.4, 0.5) is 0 Å². The molecule has 14 heavy (non-hydrogen) atoms. The standard InChI is InChI=1S/C12H24N2/c1-12(2,3)11-10(8-13)9-4-6-14(11)7-5-9/h9-11H,4-8,13H2,1-3H3. The molecule has 3 saturated heterocycles. The van der Waals surface area contributed by atoms with Crippen LogP contribution in [0.15, 0.2) is 0 Å². The third-order valence-electron chi connectivity index (χ3n) is 4.14. The van der Waals surface area contributed by atoms with E-state index in [4.69, 9.17) is 5.73 Å². The summed E-state index contributed by atoms with van der Waals surface area (Å²) in [4.78, 5) is 2.68. The van der Waals surface area contributed by atoms with Gasteiger partial charge in [0.05, 0.1) is 0 Å². The molecule has 2 unspecified atom stereocenters. The van der Waals surface area contributed by atoms with Crippen LogP contribution in [0, 0.1) is 17.3 Å². The van der Waals surface area contributed by atoms with E-state index in [9.17, 15) is 0 Å². The zero-order chi connectivity index (χ0) is 10.3. The quantitative estimate of drug-likeness (QED) is 0.691. The molecule has 0 aromatic carbocycles. The van der Waals surface area contributed by atoms with Gasteiger partial charge in [-0.3, -0.25) is 4.90 Å². The highest BCUT2D eigenvalue weighted by molar-refractivity contribution is 4.99. The Labute approximate surface area is 87.8 Å². The summed E-state index contributed by atoms with van der Waals surface area (Å²) in [6, 6.07) is 0.722. The Morgan fingerprint density at radius 1 is 1.21 bits per heavy atom. The second-order valence-electron chi connectivity index (χ2n) is 6.08. The molecular weight excluding hydrogens is 172 g/mol. The van der Waals surface area contributed by atoms with Crippen molar-refractivity contribution in [3.63, 3.8) is 0 Å². The Morgan fingerprint density at radius 2 is 1.79 bits per heavy atom. The summed E-state index contributed by atoms with van der Waals surface area (Å²) < 4.78 is 0. The third-order valence-corrected chi connectivity index (χ3v) is 4.14. The van der Waals surface area contributed by atoms with E-state index in [0.29, 0.717) is 5.41 Å². The summed E-state index contributed by atoms with van der Waals surface area (Å²) >= 11 is 0. The Hall–Kier alpha value is -0.0800. The van der Waals surface area contributed by atoms with E-state index in [1.165, 1.54) is 25.9 Å². The van der Waals surface area contributed by atoms with Crippen LogP contribution in [-0.2, 0) is 0 Å². The maximum Gasteiger partial charge on any atom is 0.0187 e. The number of rotatable bonds is 1. The van der Waals surface area contributed by atoms with Crippen molar-refractivity contribution in [1.82, 2.24) is 4.90 Å². The molecule has 3 aliphatic heterocycles. The number of piperidine rings is 3. The second-order valence-corrected chi connectivity index (χ2v) is 6.08. The third kappa shape index (κ3) is 1.59. The average molecular weight is 196 g/mol. The van der Waals surface area contributed by atoms with Crippen molar-refractivity contribution in [1.29, 1.82) is 0 Å². The molecule has 2 atom stereocenters. The van der Waals surface area contributed by atoms with Crippen LogP contribution in [0.1, 0.15) is 33.6 Å². The van der Waals surface area contributed by atoms with Crippen LogP contribution in [0.25, 0.3) is 0 Å². The van der Waals surface area contributed by atoms with Crippen molar-refractivity contribution in [2.45, 2.75) is 39.7 Å². The lowest BCUT2D eigenvalue weighted by Gasteiger charge is -2.55. The molecule has 3 aliphatic rings. The van der Waals surface area contributed by atoms with E-state index in [-0.39, 0.29) is 0 Å². The van der Waals surface area contributed by atoms with E-state index >= 15 is 0 Å². The first-order valence-electron chi connectivity index (χ1n) is 5.98. The van der Waals surface area contributed by atoms with Crippen LogP contribution in [0.3, 0.4) is 0 Å². The molecule has 0 amide bonds. The van der Waals surface area contributed by atoms with Gasteiger partial charge in [-0.2, -0.15) is 0 Å². The predicted molar refractivity (Wildman–Crippen MR) is 60.1 cm³/mol. The molecule has 0 aromatic rings. The van der Waals surface area contributed by atoms with Crippen LogP contribution >= 0.6 is 0 Å². The van der Waals surface area contributed by atoms with E-state index in [0.717, 1.165) is 24.4 Å². The summed E-state index contributed by atoms with van der Waals surface area (Å²) in [5, 5.41) is 0. The monoisotopic (exact) mass is 196 g/mol. The average Bonchev–Trinajstić information content (AvgIpc) is 2.16. The topological polar surface area (TPSA) is 29.3 Å². The molecule has 3 heterocycles. The SMILES string of the molecule is CC(C)(C)C1C(CN)C2CCN1CC2. The Morgan fingerprint density at radius 3 is 2.14 bits per heavy atom. The highest BCUT2D eigenvalue weighted by Crippen LogP contribution is 2.43. The maximum atomic E-state index is 5.95. The maximum absolute atomic E-state index is 5.95. The van der Waals surface area contributed by atoms with Crippen molar-refractivity contribution in [2.24, 2.45) is 23.0 Å². The van der Waals surface area contributed by atoms with Gasteiger partial charge in [-0.1, -0.05) is 20.8 Å². The first-order chi connectivity index (χ1) is 6.54. The fraction of sp³-hybridized carbons (Fsp3) is 1.00. The lowest BCUT2D eigenvalue weighted by atomic mass is 9.66. The van der Waals surface area contributed by atoms with Crippen LogP contribution in [0.2, 0.25) is 0 Å². The highest BCUT2D eigenvalue weighted by atomic mass is 15.2. The molecule has 2 heteroatoms. The smallest absolute Gasteiger partial charge is 0.0187 e. The van der Waals surface area contributed by atoms with Crippen molar-refractivity contribution >= 4 is 0 Å². The zero-order valence-electron chi connectivity index (χ0n) is 9.79. The van der Waals surface area contributed by atoms with Gasteiger partial charge in [0.15, 0.2) is 0 Å². The number of hydrogen-bond acceptors (Lipinski definition) is 2. The number of nitrogens with zero attached hydrogens (tertiary/aromatic N) is 1. The first-order valence-corrected chi connectivity index (χ1v) is 5.98. The van der Waals surface area contributed by atoms with Gasteiger partial charge in [-0.15, -0.1) is 0 Å². The number of fused-ring (bicyclic) bond motifs is 3. The normalized spacial score (nSPS) is 42.9. The number of hydrogen-bond donors (Lipinski definition) is 1. The van der Waals surface area contributed by atoms with Gasteiger partial charge in [0.25, 0.3) is 0 Å². The summed E-state index contributed by atoms with van der Waals surface area (Å²) in [5.74, 6) is 1.66.